The number of aryl methyl sites for hydroxylation is 1. The molecule has 0 spiro atoms. The molecular formula is C13H20N2O2. The first-order valence-electron chi connectivity index (χ1n) is 5.92. The minimum Gasteiger partial charge on any atom is -0.394 e. The topological polar surface area (TPSA) is 75.3 Å². The standard InChI is InChI=1S/C13H20N2O2/c14-12(10-16)13(17)15-9-5-4-8-11-6-2-1-3-7-11/h1-3,6-7,12,16H,4-5,8-10,14H2,(H,15,17)/t12-/m1/s1. The molecule has 0 saturated heterocycles. The van der Waals surface area contributed by atoms with Gasteiger partial charge >= 0.3 is 0 Å². The Labute approximate surface area is 102 Å². The lowest BCUT2D eigenvalue weighted by molar-refractivity contribution is -0.123. The van der Waals surface area contributed by atoms with E-state index in [1.54, 1.807) is 0 Å². The largest absolute Gasteiger partial charge is 0.394 e. The van der Waals surface area contributed by atoms with E-state index in [-0.39, 0.29) is 12.5 Å². The molecule has 4 nitrogen and oxygen atoms in total. The maximum absolute atomic E-state index is 11.2. The Morgan fingerprint density at radius 1 is 1.29 bits per heavy atom. The van der Waals surface area contributed by atoms with Gasteiger partial charge in [-0.15, -0.1) is 0 Å². The van der Waals surface area contributed by atoms with E-state index in [0.29, 0.717) is 6.54 Å². The van der Waals surface area contributed by atoms with Gasteiger partial charge in [0.15, 0.2) is 0 Å². The summed E-state index contributed by atoms with van der Waals surface area (Å²) in [6.45, 7) is 0.301. The van der Waals surface area contributed by atoms with Crippen molar-refractivity contribution in [1.82, 2.24) is 5.32 Å². The number of amides is 1. The van der Waals surface area contributed by atoms with Gasteiger partial charge in [0.25, 0.3) is 0 Å². The number of hydrogen-bond donors (Lipinski definition) is 3. The summed E-state index contributed by atoms with van der Waals surface area (Å²) in [6, 6.07) is 9.44. The minimum atomic E-state index is -0.802. The zero-order chi connectivity index (χ0) is 12.5. The lowest BCUT2D eigenvalue weighted by atomic mass is 10.1. The molecule has 0 fully saturated rings. The first kappa shape index (κ1) is 13.7. The van der Waals surface area contributed by atoms with E-state index in [0.717, 1.165) is 19.3 Å². The highest BCUT2D eigenvalue weighted by Gasteiger charge is 2.10. The summed E-state index contributed by atoms with van der Waals surface area (Å²) in [6.07, 6.45) is 2.96. The number of carbonyl (C=O) groups excluding carboxylic acids is 1. The predicted octanol–water partition coefficient (Wildman–Crippen LogP) is 0.445. The quantitative estimate of drug-likeness (QED) is 0.601. The van der Waals surface area contributed by atoms with Crippen LogP contribution in [0.1, 0.15) is 18.4 Å². The molecule has 0 aliphatic rings. The average molecular weight is 236 g/mol. The van der Waals surface area contributed by atoms with E-state index < -0.39 is 6.04 Å². The van der Waals surface area contributed by atoms with E-state index in [2.05, 4.69) is 17.4 Å². The van der Waals surface area contributed by atoms with Crippen molar-refractivity contribution < 1.29 is 9.90 Å². The van der Waals surface area contributed by atoms with Crippen molar-refractivity contribution >= 4 is 5.91 Å². The highest BCUT2D eigenvalue weighted by Crippen LogP contribution is 2.03. The Hall–Kier alpha value is -1.39. The fourth-order valence-corrected chi connectivity index (χ4v) is 1.52. The van der Waals surface area contributed by atoms with Gasteiger partial charge in [0.05, 0.1) is 6.61 Å². The first-order valence-corrected chi connectivity index (χ1v) is 5.92. The van der Waals surface area contributed by atoms with Crippen molar-refractivity contribution in [2.24, 2.45) is 5.73 Å². The molecule has 1 aromatic carbocycles. The minimum absolute atomic E-state index is 0.285. The molecule has 0 heterocycles. The van der Waals surface area contributed by atoms with Crippen LogP contribution in [0.15, 0.2) is 30.3 Å². The highest BCUT2D eigenvalue weighted by molar-refractivity contribution is 5.81. The summed E-state index contributed by atoms with van der Waals surface area (Å²) in [4.78, 5) is 11.2. The summed E-state index contributed by atoms with van der Waals surface area (Å²) in [5.74, 6) is -0.285. The third-order valence-corrected chi connectivity index (χ3v) is 2.57. The Balaban J connectivity index is 2.07. The van der Waals surface area contributed by atoms with Crippen LogP contribution in [-0.2, 0) is 11.2 Å². The summed E-state index contributed by atoms with van der Waals surface area (Å²) in [7, 11) is 0. The molecule has 94 valence electrons. The smallest absolute Gasteiger partial charge is 0.239 e. The summed E-state index contributed by atoms with van der Waals surface area (Å²) in [5.41, 5.74) is 6.67. The molecule has 17 heavy (non-hydrogen) atoms. The second kappa shape index (κ2) is 7.81. The summed E-state index contributed by atoms with van der Waals surface area (Å²) in [5, 5.41) is 11.4. The molecule has 0 saturated carbocycles. The van der Waals surface area contributed by atoms with Crippen LogP contribution in [0.2, 0.25) is 0 Å². The van der Waals surface area contributed by atoms with Gasteiger partial charge in [-0.2, -0.15) is 0 Å². The number of rotatable bonds is 7. The number of aliphatic hydroxyl groups excluding tert-OH is 1. The van der Waals surface area contributed by atoms with Crippen molar-refractivity contribution in [3.63, 3.8) is 0 Å². The van der Waals surface area contributed by atoms with Crippen molar-refractivity contribution in [3.8, 4) is 0 Å². The molecule has 0 unspecified atom stereocenters. The molecule has 1 amide bonds. The van der Waals surface area contributed by atoms with Gasteiger partial charge in [-0.25, -0.2) is 0 Å². The molecule has 0 aliphatic heterocycles. The fourth-order valence-electron chi connectivity index (χ4n) is 1.52. The molecular weight excluding hydrogens is 216 g/mol. The van der Waals surface area contributed by atoms with Crippen LogP contribution < -0.4 is 11.1 Å². The van der Waals surface area contributed by atoms with Gasteiger partial charge in [-0.1, -0.05) is 30.3 Å². The van der Waals surface area contributed by atoms with Crippen molar-refractivity contribution in [2.75, 3.05) is 13.2 Å². The number of unbranched alkanes of at least 4 members (excludes halogenated alkanes) is 1. The van der Waals surface area contributed by atoms with Crippen LogP contribution in [0.3, 0.4) is 0 Å². The maximum atomic E-state index is 11.2. The van der Waals surface area contributed by atoms with E-state index in [4.69, 9.17) is 10.8 Å². The first-order chi connectivity index (χ1) is 8.24. The molecule has 1 rings (SSSR count). The highest BCUT2D eigenvalue weighted by atomic mass is 16.3. The normalized spacial score (nSPS) is 12.1. The van der Waals surface area contributed by atoms with E-state index in [1.165, 1.54) is 5.56 Å². The van der Waals surface area contributed by atoms with Crippen LogP contribution in [0, 0.1) is 0 Å². The van der Waals surface area contributed by atoms with Crippen LogP contribution in [0.25, 0.3) is 0 Å². The second-order valence-electron chi connectivity index (χ2n) is 4.02. The third-order valence-electron chi connectivity index (χ3n) is 2.57. The Bertz CT molecular complexity index is 327. The zero-order valence-electron chi connectivity index (χ0n) is 9.93. The molecule has 0 radical (unpaired) electrons. The van der Waals surface area contributed by atoms with Crippen molar-refractivity contribution in [3.05, 3.63) is 35.9 Å². The molecule has 0 aromatic heterocycles. The Morgan fingerprint density at radius 2 is 2.00 bits per heavy atom. The molecule has 0 aliphatic carbocycles. The maximum Gasteiger partial charge on any atom is 0.239 e. The average Bonchev–Trinajstić information content (AvgIpc) is 2.38. The number of hydrogen-bond acceptors (Lipinski definition) is 3. The van der Waals surface area contributed by atoms with Crippen LogP contribution in [0.4, 0.5) is 0 Å². The monoisotopic (exact) mass is 236 g/mol. The van der Waals surface area contributed by atoms with Gasteiger partial charge in [0, 0.05) is 6.54 Å². The van der Waals surface area contributed by atoms with Gasteiger partial charge in [-0.05, 0) is 24.8 Å². The van der Waals surface area contributed by atoms with E-state index >= 15 is 0 Å². The van der Waals surface area contributed by atoms with Crippen LogP contribution in [-0.4, -0.2) is 30.2 Å². The number of nitrogens with two attached hydrogens (primary N) is 1. The number of nitrogens with one attached hydrogen (secondary N) is 1. The predicted molar refractivity (Wildman–Crippen MR) is 67.5 cm³/mol. The van der Waals surface area contributed by atoms with Gasteiger partial charge in [-0.3, -0.25) is 4.79 Å². The Kier molecular flexibility index (Phi) is 6.29. The lowest BCUT2D eigenvalue weighted by Crippen LogP contribution is -2.43. The van der Waals surface area contributed by atoms with Gasteiger partial charge in [0.2, 0.25) is 5.91 Å². The second-order valence-corrected chi connectivity index (χ2v) is 4.02. The molecule has 1 atom stereocenters. The molecule has 0 bridgehead atoms. The van der Waals surface area contributed by atoms with Gasteiger partial charge in [0.1, 0.15) is 6.04 Å². The van der Waals surface area contributed by atoms with E-state index in [9.17, 15) is 4.79 Å². The number of carbonyl (C=O) groups is 1. The Morgan fingerprint density at radius 3 is 2.65 bits per heavy atom. The zero-order valence-corrected chi connectivity index (χ0v) is 9.93. The van der Waals surface area contributed by atoms with Crippen LogP contribution in [0.5, 0.6) is 0 Å². The van der Waals surface area contributed by atoms with Crippen molar-refractivity contribution in [1.29, 1.82) is 0 Å². The van der Waals surface area contributed by atoms with Gasteiger partial charge < -0.3 is 16.2 Å². The third kappa shape index (κ3) is 5.47. The fraction of sp³-hybridized carbons (Fsp3) is 0.462. The van der Waals surface area contributed by atoms with E-state index in [1.807, 2.05) is 18.2 Å². The SMILES string of the molecule is N[C@H](CO)C(=O)NCCCCc1ccccc1. The summed E-state index contributed by atoms with van der Waals surface area (Å²) < 4.78 is 0. The lowest BCUT2D eigenvalue weighted by Gasteiger charge is -2.09. The molecule has 4 N–H and O–H groups in total. The molecule has 4 heteroatoms. The van der Waals surface area contributed by atoms with Crippen LogP contribution >= 0.6 is 0 Å². The van der Waals surface area contributed by atoms with Crippen molar-refractivity contribution in [2.45, 2.75) is 25.3 Å². The number of benzene rings is 1. The molecule has 1 aromatic rings. The number of aliphatic hydroxyl groups is 1. The summed E-state index contributed by atoms with van der Waals surface area (Å²) >= 11 is 0.